The van der Waals surface area contributed by atoms with Crippen LogP contribution in [0.3, 0.4) is 0 Å². The number of hydrogen-bond acceptors (Lipinski definition) is 22. The molecule has 0 aliphatic heterocycles. The Morgan fingerprint density at radius 1 is 0.462 bits per heavy atom. The molecule has 38 nitrogen and oxygen atoms in total. The van der Waals surface area contributed by atoms with Crippen LogP contribution in [0.15, 0.2) is 180 Å². The van der Waals surface area contributed by atoms with Gasteiger partial charge in [0.05, 0.1) is 21.2 Å². The lowest BCUT2D eigenvalue weighted by Crippen LogP contribution is -2.27. The van der Waals surface area contributed by atoms with Gasteiger partial charge in [-0.25, -0.2) is 9.59 Å². The van der Waals surface area contributed by atoms with Crippen LogP contribution >= 0.6 is 0 Å². The van der Waals surface area contributed by atoms with E-state index in [9.17, 15) is 96.2 Å². The number of amides is 4. The van der Waals surface area contributed by atoms with Crippen LogP contribution < -0.4 is 54.8 Å². The lowest BCUT2D eigenvalue weighted by atomic mass is 10.1. The van der Waals surface area contributed by atoms with Gasteiger partial charge in [0.1, 0.15) is 54.0 Å². The van der Waals surface area contributed by atoms with Crippen LogP contribution in [0.2, 0.25) is 0 Å². The second-order valence-corrected chi connectivity index (χ2v) is 26.1. The second-order valence-electron chi connectivity index (χ2n) is 17.7. The molecule has 20 N–H and O–H groups in total. The molecule has 0 heterocycles. The molecule has 0 fully saturated rings. The van der Waals surface area contributed by atoms with E-state index in [0.717, 1.165) is 18.2 Å². The number of nitrogens with zero attached hydrogens (tertiary/aromatic N) is 8. The largest absolute Gasteiger partial charge is 0.370 e. The number of benzene rings is 6. The first-order valence-electron chi connectivity index (χ1n) is 23.8. The van der Waals surface area contributed by atoms with Crippen molar-refractivity contribution in [3.05, 3.63) is 110 Å². The van der Waals surface area contributed by atoms with E-state index < -0.39 is 159 Å². The highest BCUT2D eigenvalue weighted by Crippen LogP contribution is 2.40. The molecule has 0 radical (unpaired) electrons. The fourth-order valence-electron chi connectivity index (χ4n) is 7.53. The highest BCUT2D eigenvalue weighted by molar-refractivity contribution is 7.87. The average Bonchev–Trinajstić information content (AvgIpc) is 1.36. The molecule has 4 amide bonds. The van der Waals surface area contributed by atoms with Crippen molar-refractivity contribution < 1.29 is 96.2 Å². The van der Waals surface area contributed by atoms with E-state index in [2.05, 4.69) is 85.5 Å². The molecular formula is C45H44F2N18O20S6. The highest BCUT2D eigenvalue weighted by Gasteiger charge is 2.27. The molecule has 6 aromatic rings. The second kappa shape index (κ2) is 27.3. The minimum absolute atomic E-state index is 0.0122. The Morgan fingerprint density at radius 2 is 0.857 bits per heavy atom. The van der Waals surface area contributed by atoms with E-state index in [1.165, 1.54) is 18.2 Å². The standard InChI is InChI=1S/C45H44F2N18O20S6/c1-20(55-45(61-41(47)49)57-25-5-7-31(33(15-25)59-43(51)67)63-65-35-19-29-23(13-39(35)91(83,84)85)11-27(87(71,72)73)17-37(29)89(77,78)79)52-8-3-9-53-44(60-40(46)48)56-21(2)54-24-4-6-30(32(14-24)58-42(50)66)62-64-34-18-28-22(12-38(34)90(80,81)82)10-26(86(68,69)70)16-36(28)88(74,75)76/h4-7,10-19,52,54H,1-3,8-9H2,(H3,50,58,66)(H3,51,59,67)(H,68,69,70)(H,71,72,73)(H,74,75,76)(H,77,78,79)(H,80,81,82)(H,83,84,85)(H3,48,53,56,60)(H3,49,55,57,61). The van der Waals surface area contributed by atoms with Crippen LogP contribution in [0.4, 0.5) is 63.9 Å². The van der Waals surface area contributed by atoms with Gasteiger partial charge in [-0.2, -0.15) is 74.3 Å². The summed E-state index contributed by atoms with van der Waals surface area (Å²) in [5.41, 5.74) is 18.2. The molecule has 0 aliphatic carbocycles. The Hall–Kier alpha value is -10.1. The average molecular weight is 1390 g/mol. The van der Waals surface area contributed by atoms with Crippen molar-refractivity contribution in [2.75, 3.05) is 34.4 Å². The van der Waals surface area contributed by atoms with Crippen molar-refractivity contribution >= 4 is 164 Å². The molecule has 484 valence electrons. The maximum Gasteiger partial charge on any atom is 0.316 e. The quantitative estimate of drug-likeness (QED) is 0.0110. The topological polar surface area (TPSA) is 636 Å². The molecule has 0 unspecified atom stereocenters. The van der Waals surface area contributed by atoms with Gasteiger partial charge in [-0.05, 0) is 102 Å². The van der Waals surface area contributed by atoms with E-state index in [1.807, 2.05) is 0 Å². The lowest BCUT2D eigenvalue weighted by Gasteiger charge is -2.14. The van der Waals surface area contributed by atoms with Crippen LogP contribution in [0.1, 0.15) is 6.42 Å². The van der Waals surface area contributed by atoms with E-state index in [-0.39, 0.29) is 65.3 Å². The van der Waals surface area contributed by atoms with Gasteiger partial charge in [-0.1, -0.05) is 13.2 Å². The van der Waals surface area contributed by atoms with Crippen LogP contribution in [0, 0.1) is 0 Å². The predicted molar refractivity (Wildman–Crippen MR) is 321 cm³/mol. The smallest absolute Gasteiger partial charge is 0.316 e. The zero-order valence-corrected chi connectivity index (χ0v) is 50.0. The van der Waals surface area contributed by atoms with E-state index in [0.29, 0.717) is 48.5 Å². The molecule has 0 saturated carbocycles. The number of carbonyl (C=O) groups is 2. The fraction of sp³-hybridized carbons (Fsp3) is 0.0667. The van der Waals surface area contributed by atoms with Crippen molar-refractivity contribution in [1.82, 2.24) is 10.6 Å². The Morgan fingerprint density at radius 3 is 1.24 bits per heavy atom. The molecule has 6 rings (SSSR count). The highest BCUT2D eigenvalue weighted by atomic mass is 32.2. The minimum atomic E-state index is -5.30. The van der Waals surface area contributed by atoms with Crippen molar-refractivity contribution in [2.45, 2.75) is 35.8 Å². The third-order valence-electron chi connectivity index (χ3n) is 11.1. The number of amidine groups is 2. The summed E-state index contributed by atoms with van der Waals surface area (Å²) < 4.78 is 233. The third-order valence-corrected chi connectivity index (χ3v) is 16.3. The molecule has 0 aliphatic rings. The van der Waals surface area contributed by atoms with Crippen LogP contribution in [0.5, 0.6) is 0 Å². The van der Waals surface area contributed by atoms with E-state index in [4.69, 9.17) is 22.9 Å². The first kappa shape index (κ1) is 70.0. The van der Waals surface area contributed by atoms with Crippen LogP contribution in [-0.4, -0.2) is 127 Å². The maximum absolute atomic E-state index is 14.0. The van der Waals surface area contributed by atoms with E-state index >= 15 is 0 Å². The summed E-state index contributed by atoms with van der Waals surface area (Å²) in [6.07, 6.45) is -2.90. The van der Waals surface area contributed by atoms with Crippen molar-refractivity contribution in [1.29, 1.82) is 0 Å². The number of nitrogens with two attached hydrogens (primary N) is 4. The maximum atomic E-state index is 14.0. The first-order valence-corrected chi connectivity index (χ1v) is 32.5. The van der Waals surface area contributed by atoms with Crippen molar-refractivity contribution in [3.63, 3.8) is 0 Å². The SMILES string of the molecule is C=C(N=C(N=C(N)F)Nc1ccc(N=Nc2cc3c(S(=O)(=O)O)cc(S(=O)(=O)O)cc3cc2S(=O)(=O)O)c(NC(N)=O)c1)NCCCN=C(N=C(N)F)NC(=C)Nc1ccc(N=Nc2cc3c(S(=O)(=O)O)cc(S(=O)(=O)O)cc3cc2S(=O)(=O)O)c(NC(N)=O)c1. The summed E-state index contributed by atoms with van der Waals surface area (Å²) in [5.74, 6) is -1.42. The molecule has 0 spiro atoms. The number of urea groups is 2. The summed E-state index contributed by atoms with van der Waals surface area (Å²) >= 11 is 0. The van der Waals surface area contributed by atoms with Gasteiger partial charge in [0.15, 0.2) is 0 Å². The molecular weight excluding hydrogens is 1340 g/mol. The number of carbonyl (C=O) groups excluding carboxylic acids is 2. The number of fused-ring (bicyclic) bond motifs is 2. The number of aliphatic imine (C=N–C) groups is 4. The summed E-state index contributed by atoms with van der Waals surface area (Å²) in [5, 5.41) is 28.1. The summed E-state index contributed by atoms with van der Waals surface area (Å²) in [4.78, 5) is 32.5. The van der Waals surface area contributed by atoms with Crippen molar-refractivity contribution in [3.8, 4) is 0 Å². The van der Waals surface area contributed by atoms with Gasteiger partial charge >= 0.3 is 12.1 Å². The van der Waals surface area contributed by atoms with Gasteiger partial charge in [0.2, 0.25) is 11.9 Å². The molecule has 0 saturated heterocycles. The van der Waals surface area contributed by atoms with Gasteiger partial charge in [0.25, 0.3) is 72.9 Å². The first-order chi connectivity index (χ1) is 42.0. The number of anilines is 4. The number of halogens is 2. The van der Waals surface area contributed by atoms with Gasteiger partial charge in [-0.3, -0.25) is 32.3 Å². The summed E-state index contributed by atoms with van der Waals surface area (Å²) in [7, 11) is -31.4. The van der Waals surface area contributed by atoms with Gasteiger partial charge < -0.3 is 54.8 Å². The molecule has 0 aromatic heterocycles. The number of rotatable bonds is 22. The Balaban J connectivity index is 1.16. The zero-order valence-electron chi connectivity index (χ0n) is 45.1. The molecule has 0 atom stereocenters. The van der Waals surface area contributed by atoms with Gasteiger partial charge in [0, 0.05) is 35.2 Å². The predicted octanol–water partition coefficient (Wildman–Crippen LogP) is 4.60. The molecule has 46 heteroatoms. The number of nitrogens with one attached hydrogen (secondary N) is 6. The summed E-state index contributed by atoms with van der Waals surface area (Å²) in [6, 6.07) is 9.08. The Bertz CT molecular complexity index is 4970. The van der Waals surface area contributed by atoms with Gasteiger partial charge in [-0.15, -0.1) is 20.5 Å². The normalized spacial score (nSPS) is 13.4. The number of azo groups is 2. The molecule has 91 heavy (non-hydrogen) atoms. The van der Waals surface area contributed by atoms with Crippen molar-refractivity contribution in [2.24, 2.45) is 63.4 Å². The van der Waals surface area contributed by atoms with Crippen LogP contribution in [0.25, 0.3) is 21.5 Å². The Labute approximate surface area is 511 Å². The Kier molecular flexibility index (Phi) is 21.0. The number of hydrogen-bond donors (Lipinski definition) is 16. The molecule has 6 aromatic carbocycles. The van der Waals surface area contributed by atoms with E-state index in [1.54, 1.807) is 0 Å². The number of guanidine groups is 2. The third kappa shape index (κ3) is 19.4. The van der Waals surface area contributed by atoms with Crippen LogP contribution in [-0.2, 0) is 60.7 Å². The monoisotopic (exact) mass is 1390 g/mol. The minimum Gasteiger partial charge on any atom is -0.370 e. The number of primary amides is 2. The fourth-order valence-corrected chi connectivity index (χ4v) is 11.5. The zero-order chi connectivity index (χ0) is 67.9. The lowest BCUT2D eigenvalue weighted by molar-refractivity contribution is 0.258. The molecule has 0 bridgehead atoms. The summed E-state index contributed by atoms with van der Waals surface area (Å²) in [6.45, 7) is 7.27.